The molecule has 1 aliphatic heterocycles. The summed E-state index contributed by atoms with van der Waals surface area (Å²) in [5.74, 6) is 0.903. The molecule has 4 rings (SSSR count). The summed E-state index contributed by atoms with van der Waals surface area (Å²) in [7, 11) is 0. The quantitative estimate of drug-likeness (QED) is 0.712. The zero-order valence-electron chi connectivity index (χ0n) is 13.6. The predicted molar refractivity (Wildman–Crippen MR) is 88.1 cm³/mol. The molecule has 1 saturated heterocycles. The third-order valence-corrected chi connectivity index (χ3v) is 4.16. The van der Waals surface area contributed by atoms with E-state index in [1.165, 1.54) is 0 Å². The first-order chi connectivity index (χ1) is 12.3. The summed E-state index contributed by atoms with van der Waals surface area (Å²) in [6.45, 7) is 2.77. The highest BCUT2D eigenvalue weighted by Gasteiger charge is 2.29. The first kappa shape index (κ1) is 15.6. The van der Waals surface area contributed by atoms with Gasteiger partial charge in [-0.05, 0) is 29.8 Å². The molecule has 3 heterocycles. The number of hydrogen-bond acceptors (Lipinski definition) is 6. The highest BCUT2D eigenvalue weighted by atomic mass is 16.5. The van der Waals surface area contributed by atoms with Crippen LogP contribution in [-0.2, 0) is 17.8 Å². The topological polar surface area (TPSA) is 80.1 Å². The van der Waals surface area contributed by atoms with Crippen molar-refractivity contribution in [3.63, 3.8) is 0 Å². The Kier molecular flexibility index (Phi) is 4.29. The number of furan rings is 1. The number of aromatic nitrogens is 3. The summed E-state index contributed by atoms with van der Waals surface area (Å²) in [5.41, 5.74) is 2.50. The molecule has 0 radical (unpaired) electrons. The predicted octanol–water partition coefficient (Wildman–Crippen LogP) is 2.32. The van der Waals surface area contributed by atoms with E-state index in [4.69, 9.17) is 14.4 Å². The lowest BCUT2D eigenvalue weighted by molar-refractivity contribution is 0.0223. The fourth-order valence-electron chi connectivity index (χ4n) is 2.92. The number of hydrogen-bond donors (Lipinski definition) is 0. The van der Waals surface area contributed by atoms with Crippen molar-refractivity contribution in [1.82, 2.24) is 19.9 Å². The van der Waals surface area contributed by atoms with Crippen LogP contribution in [0.4, 0.5) is 0 Å². The van der Waals surface area contributed by atoms with Crippen LogP contribution in [0.5, 0.6) is 0 Å². The van der Waals surface area contributed by atoms with Crippen LogP contribution < -0.4 is 0 Å². The van der Waals surface area contributed by atoms with Crippen LogP contribution in [0, 0.1) is 11.3 Å². The van der Waals surface area contributed by atoms with Crippen LogP contribution >= 0.6 is 0 Å². The van der Waals surface area contributed by atoms with E-state index in [-0.39, 0.29) is 6.23 Å². The zero-order chi connectivity index (χ0) is 17.1. The van der Waals surface area contributed by atoms with Crippen LogP contribution in [0.1, 0.15) is 28.8 Å². The summed E-state index contributed by atoms with van der Waals surface area (Å²) in [6.07, 6.45) is 3.37. The maximum Gasteiger partial charge on any atom is 0.157 e. The number of nitrogens with zero attached hydrogens (tertiary/aromatic N) is 5. The molecule has 0 aliphatic carbocycles. The average Bonchev–Trinajstić information content (AvgIpc) is 3.38. The Bertz CT molecular complexity index is 864. The van der Waals surface area contributed by atoms with Gasteiger partial charge in [0.05, 0.1) is 43.8 Å². The van der Waals surface area contributed by atoms with Gasteiger partial charge in [-0.1, -0.05) is 17.3 Å². The van der Waals surface area contributed by atoms with Crippen LogP contribution in [0.2, 0.25) is 0 Å². The van der Waals surface area contributed by atoms with Crippen molar-refractivity contribution in [3.8, 4) is 6.07 Å². The number of nitriles is 1. The molecule has 25 heavy (non-hydrogen) atoms. The van der Waals surface area contributed by atoms with Crippen molar-refractivity contribution in [1.29, 1.82) is 5.26 Å². The highest BCUT2D eigenvalue weighted by molar-refractivity contribution is 5.31. The first-order valence-corrected chi connectivity index (χ1v) is 8.09. The highest BCUT2D eigenvalue weighted by Crippen LogP contribution is 2.27. The molecule has 126 valence electrons. The molecule has 0 amide bonds. The normalized spacial score (nSPS) is 17.6. The molecule has 1 fully saturated rings. The Balaban J connectivity index is 1.45. The van der Waals surface area contributed by atoms with Crippen LogP contribution in [0.3, 0.4) is 0 Å². The monoisotopic (exact) mass is 335 g/mol. The van der Waals surface area contributed by atoms with Gasteiger partial charge in [-0.2, -0.15) is 5.26 Å². The van der Waals surface area contributed by atoms with Gasteiger partial charge in [0.15, 0.2) is 6.23 Å². The Morgan fingerprint density at radius 2 is 2.08 bits per heavy atom. The summed E-state index contributed by atoms with van der Waals surface area (Å²) in [5, 5.41) is 17.3. The zero-order valence-corrected chi connectivity index (χ0v) is 13.6. The van der Waals surface area contributed by atoms with Crippen molar-refractivity contribution in [2.24, 2.45) is 0 Å². The standard InChI is InChI=1S/C18H17N5O2/c19-10-14-3-5-15(6-4-14)11-23-13-17(20-21-23)18-22(7-9-25-18)12-16-2-1-8-24-16/h1-6,8,13,18H,7,9,11-12H2/t18-/m0/s1. The molecular weight excluding hydrogens is 318 g/mol. The van der Waals surface area contributed by atoms with Crippen molar-refractivity contribution in [3.05, 3.63) is 71.4 Å². The number of benzene rings is 1. The fourth-order valence-corrected chi connectivity index (χ4v) is 2.92. The second-order valence-electron chi connectivity index (χ2n) is 5.92. The van der Waals surface area contributed by atoms with Gasteiger partial charge in [0.25, 0.3) is 0 Å². The van der Waals surface area contributed by atoms with E-state index < -0.39 is 0 Å². The molecular formula is C18H17N5O2. The Morgan fingerprint density at radius 3 is 2.84 bits per heavy atom. The third kappa shape index (κ3) is 3.45. The Morgan fingerprint density at radius 1 is 1.20 bits per heavy atom. The van der Waals surface area contributed by atoms with Crippen LogP contribution in [0.15, 0.2) is 53.3 Å². The van der Waals surface area contributed by atoms with E-state index in [9.17, 15) is 0 Å². The van der Waals surface area contributed by atoms with Crippen LogP contribution in [-0.4, -0.2) is 33.0 Å². The molecule has 2 aromatic heterocycles. The first-order valence-electron chi connectivity index (χ1n) is 8.09. The van der Waals surface area contributed by atoms with E-state index in [0.29, 0.717) is 25.3 Å². The summed E-state index contributed by atoms with van der Waals surface area (Å²) in [4.78, 5) is 2.18. The molecule has 0 saturated carbocycles. The summed E-state index contributed by atoms with van der Waals surface area (Å²) >= 11 is 0. The van der Waals surface area contributed by atoms with E-state index in [1.54, 1.807) is 23.1 Å². The molecule has 1 aromatic carbocycles. The minimum absolute atomic E-state index is 0.209. The number of ether oxygens (including phenoxy) is 1. The molecule has 1 aliphatic rings. The minimum atomic E-state index is -0.209. The van der Waals surface area contributed by atoms with E-state index in [0.717, 1.165) is 23.6 Å². The van der Waals surface area contributed by atoms with Gasteiger partial charge in [0.2, 0.25) is 0 Å². The second kappa shape index (κ2) is 6.89. The van der Waals surface area contributed by atoms with Crippen molar-refractivity contribution < 1.29 is 9.15 Å². The lowest BCUT2D eigenvalue weighted by Crippen LogP contribution is -2.23. The molecule has 7 heteroatoms. The molecule has 0 bridgehead atoms. The SMILES string of the molecule is N#Cc1ccc(Cn2cc([C@@H]3OCCN3Cc3ccco3)nn2)cc1. The Labute approximate surface area is 145 Å². The van der Waals surface area contributed by atoms with Gasteiger partial charge in [-0.3, -0.25) is 4.90 Å². The van der Waals surface area contributed by atoms with Gasteiger partial charge in [-0.25, -0.2) is 4.68 Å². The molecule has 1 atom stereocenters. The van der Waals surface area contributed by atoms with E-state index in [2.05, 4.69) is 21.3 Å². The largest absolute Gasteiger partial charge is 0.468 e. The minimum Gasteiger partial charge on any atom is -0.468 e. The maximum atomic E-state index is 8.86. The number of rotatable bonds is 5. The van der Waals surface area contributed by atoms with Crippen molar-refractivity contribution in [2.75, 3.05) is 13.2 Å². The smallest absolute Gasteiger partial charge is 0.157 e. The average molecular weight is 335 g/mol. The summed E-state index contributed by atoms with van der Waals surface area (Å²) in [6, 6.07) is 13.4. The van der Waals surface area contributed by atoms with Crippen molar-refractivity contribution in [2.45, 2.75) is 19.3 Å². The van der Waals surface area contributed by atoms with Gasteiger partial charge in [0, 0.05) is 6.54 Å². The van der Waals surface area contributed by atoms with Gasteiger partial charge >= 0.3 is 0 Å². The second-order valence-corrected chi connectivity index (χ2v) is 5.92. The molecule has 3 aromatic rings. The molecule has 7 nitrogen and oxygen atoms in total. The molecule has 0 spiro atoms. The fraction of sp³-hybridized carbons (Fsp3) is 0.278. The molecule has 0 N–H and O–H groups in total. The third-order valence-electron chi connectivity index (χ3n) is 4.16. The van der Waals surface area contributed by atoms with Crippen LogP contribution in [0.25, 0.3) is 0 Å². The summed E-state index contributed by atoms with van der Waals surface area (Å²) < 4.78 is 13.0. The van der Waals surface area contributed by atoms with Gasteiger partial charge < -0.3 is 9.15 Å². The van der Waals surface area contributed by atoms with Crippen molar-refractivity contribution >= 4 is 0 Å². The maximum absolute atomic E-state index is 8.86. The lowest BCUT2D eigenvalue weighted by atomic mass is 10.1. The van der Waals surface area contributed by atoms with Gasteiger partial charge in [-0.15, -0.1) is 5.10 Å². The lowest BCUT2D eigenvalue weighted by Gasteiger charge is -2.19. The van der Waals surface area contributed by atoms with E-state index in [1.807, 2.05) is 30.5 Å². The Hall–Kier alpha value is -2.95. The van der Waals surface area contributed by atoms with Gasteiger partial charge in [0.1, 0.15) is 11.5 Å². The van der Waals surface area contributed by atoms with E-state index >= 15 is 0 Å². The molecule has 0 unspecified atom stereocenters.